The van der Waals surface area contributed by atoms with Crippen molar-refractivity contribution in [1.82, 2.24) is 19.7 Å². The summed E-state index contributed by atoms with van der Waals surface area (Å²) >= 11 is 1.74. The first-order valence-corrected chi connectivity index (χ1v) is 11.1. The molecular weight excluding hydrogens is 388 g/mol. The van der Waals surface area contributed by atoms with Crippen molar-refractivity contribution in [2.24, 2.45) is 0 Å². The summed E-state index contributed by atoms with van der Waals surface area (Å²) in [6, 6.07) is 8.19. The summed E-state index contributed by atoms with van der Waals surface area (Å²) in [6.07, 6.45) is 2.05. The maximum Gasteiger partial charge on any atom is 0.236 e. The minimum absolute atomic E-state index is 0.0644. The first kappa shape index (κ1) is 20.3. The lowest BCUT2D eigenvalue weighted by Crippen LogP contribution is -2.48. The molecule has 1 aromatic carbocycles. The number of likely N-dealkylation sites (N-methyl/N-ethyl adjacent to an activating group) is 1. The molecule has 7 nitrogen and oxygen atoms in total. The number of likely N-dealkylation sites (tertiary alicyclic amines) is 1. The molecule has 0 spiro atoms. The van der Waals surface area contributed by atoms with Crippen molar-refractivity contribution in [2.75, 3.05) is 59.5 Å². The number of carbonyl (C=O) groups excluding carboxylic acids is 2. The molecule has 156 valence electrons. The Hall–Kier alpha value is -2.03. The van der Waals surface area contributed by atoms with Gasteiger partial charge in [-0.2, -0.15) is 0 Å². The van der Waals surface area contributed by atoms with E-state index in [9.17, 15) is 9.59 Å². The van der Waals surface area contributed by atoms with Gasteiger partial charge in [0.05, 0.1) is 41.5 Å². The van der Waals surface area contributed by atoms with Crippen molar-refractivity contribution in [2.45, 2.75) is 18.8 Å². The molecule has 2 aliphatic heterocycles. The van der Waals surface area contributed by atoms with Crippen molar-refractivity contribution in [3.63, 3.8) is 0 Å². The van der Waals surface area contributed by atoms with Gasteiger partial charge in [-0.25, -0.2) is 4.98 Å². The van der Waals surface area contributed by atoms with Crippen molar-refractivity contribution >= 4 is 33.4 Å². The molecule has 8 heteroatoms. The van der Waals surface area contributed by atoms with Crippen molar-refractivity contribution in [1.29, 1.82) is 0 Å². The number of morpholine rings is 1. The van der Waals surface area contributed by atoms with E-state index in [1.54, 1.807) is 11.3 Å². The van der Waals surface area contributed by atoms with Crippen LogP contribution in [0.2, 0.25) is 0 Å². The molecule has 0 N–H and O–H groups in total. The van der Waals surface area contributed by atoms with Crippen LogP contribution in [-0.2, 0) is 14.3 Å². The Morgan fingerprint density at radius 2 is 1.86 bits per heavy atom. The average Bonchev–Trinajstić information content (AvgIpc) is 3.19. The quantitative estimate of drug-likeness (QED) is 0.744. The number of rotatable bonds is 5. The standard InChI is InChI=1S/C21H28N4O3S/c1-23(14-19(26)24-9-11-28-12-10-24)15-20(27)25-8-4-5-16(13-25)21-22-17-6-2-3-7-18(17)29-21/h2-3,6-7,16H,4-5,8-15H2,1H3/t16-/m0/s1. The van der Waals surface area contributed by atoms with E-state index in [4.69, 9.17) is 9.72 Å². The van der Waals surface area contributed by atoms with Gasteiger partial charge in [-0.3, -0.25) is 14.5 Å². The minimum Gasteiger partial charge on any atom is -0.378 e. The minimum atomic E-state index is 0.0644. The van der Waals surface area contributed by atoms with Crippen LogP contribution in [0.3, 0.4) is 0 Å². The number of fused-ring (bicyclic) bond motifs is 1. The third kappa shape index (κ3) is 4.94. The number of para-hydroxylation sites is 1. The second kappa shape index (κ2) is 9.19. The molecule has 0 radical (unpaired) electrons. The number of piperidine rings is 1. The number of amides is 2. The highest BCUT2D eigenvalue weighted by Gasteiger charge is 2.28. The molecule has 0 aliphatic carbocycles. The van der Waals surface area contributed by atoms with Crippen LogP contribution in [0.5, 0.6) is 0 Å². The van der Waals surface area contributed by atoms with Gasteiger partial charge in [-0.1, -0.05) is 12.1 Å². The first-order chi connectivity index (χ1) is 14.1. The summed E-state index contributed by atoms with van der Waals surface area (Å²) in [7, 11) is 1.84. The summed E-state index contributed by atoms with van der Waals surface area (Å²) in [4.78, 5) is 35.6. The number of nitrogens with zero attached hydrogens (tertiary/aromatic N) is 4. The summed E-state index contributed by atoms with van der Waals surface area (Å²) < 4.78 is 6.49. The highest BCUT2D eigenvalue weighted by molar-refractivity contribution is 7.18. The second-order valence-corrected chi connectivity index (χ2v) is 8.93. The van der Waals surface area contributed by atoms with Gasteiger partial charge in [0.1, 0.15) is 0 Å². The monoisotopic (exact) mass is 416 g/mol. The van der Waals surface area contributed by atoms with Crippen LogP contribution in [0.4, 0.5) is 0 Å². The lowest BCUT2D eigenvalue weighted by Gasteiger charge is -2.33. The van der Waals surface area contributed by atoms with Gasteiger partial charge in [0.2, 0.25) is 11.8 Å². The van der Waals surface area contributed by atoms with E-state index in [-0.39, 0.29) is 24.9 Å². The molecule has 0 saturated carbocycles. The number of hydrogen-bond acceptors (Lipinski definition) is 6. The maximum absolute atomic E-state index is 12.8. The molecule has 1 aromatic heterocycles. The van der Waals surface area contributed by atoms with E-state index >= 15 is 0 Å². The van der Waals surface area contributed by atoms with E-state index in [2.05, 4.69) is 6.07 Å². The fraction of sp³-hybridized carbons (Fsp3) is 0.571. The summed E-state index contributed by atoms with van der Waals surface area (Å²) in [5.41, 5.74) is 1.04. The highest BCUT2D eigenvalue weighted by atomic mass is 32.1. The van der Waals surface area contributed by atoms with Crippen LogP contribution in [0.15, 0.2) is 24.3 Å². The Morgan fingerprint density at radius 1 is 1.14 bits per heavy atom. The van der Waals surface area contributed by atoms with Crippen LogP contribution in [0.25, 0.3) is 10.2 Å². The first-order valence-electron chi connectivity index (χ1n) is 10.3. The maximum atomic E-state index is 12.8. The fourth-order valence-corrected chi connectivity index (χ4v) is 5.09. The molecule has 2 aliphatic rings. The molecule has 0 unspecified atom stereocenters. The number of aromatic nitrogens is 1. The molecule has 4 rings (SSSR count). The van der Waals surface area contributed by atoms with Gasteiger partial charge in [-0.05, 0) is 32.0 Å². The zero-order chi connectivity index (χ0) is 20.2. The highest BCUT2D eigenvalue weighted by Crippen LogP contribution is 2.32. The summed E-state index contributed by atoms with van der Waals surface area (Å²) in [6.45, 7) is 4.48. The van der Waals surface area contributed by atoms with Crippen LogP contribution >= 0.6 is 11.3 Å². The van der Waals surface area contributed by atoms with Crippen LogP contribution in [0.1, 0.15) is 23.8 Å². The van der Waals surface area contributed by atoms with E-state index in [1.165, 1.54) is 4.70 Å². The van der Waals surface area contributed by atoms with Crippen LogP contribution in [0, 0.1) is 0 Å². The van der Waals surface area contributed by atoms with Gasteiger partial charge >= 0.3 is 0 Å². The van der Waals surface area contributed by atoms with Crippen molar-refractivity contribution in [3.05, 3.63) is 29.3 Å². The number of carbonyl (C=O) groups is 2. The van der Waals surface area contributed by atoms with E-state index in [0.29, 0.717) is 38.8 Å². The SMILES string of the molecule is CN(CC(=O)N1CCOCC1)CC(=O)N1CCC[C@H](c2nc3ccccc3s2)C1. The lowest BCUT2D eigenvalue weighted by molar-refractivity contribution is -0.138. The smallest absolute Gasteiger partial charge is 0.236 e. The largest absolute Gasteiger partial charge is 0.378 e. The van der Waals surface area contributed by atoms with Crippen molar-refractivity contribution in [3.8, 4) is 0 Å². The molecule has 2 aromatic rings. The zero-order valence-corrected chi connectivity index (χ0v) is 17.7. The molecular formula is C21H28N4O3S. The Labute approximate surface area is 175 Å². The number of thiazole rings is 1. The third-order valence-electron chi connectivity index (χ3n) is 5.61. The van der Waals surface area contributed by atoms with Crippen LogP contribution < -0.4 is 0 Å². The van der Waals surface area contributed by atoms with E-state index in [0.717, 1.165) is 29.9 Å². The molecule has 1 atom stereocenters. The van der Waals surface area contributed by atoms with Crippen molar-refractivity contribution < 1.29 is 14.3 Å². The van der Waals surface area contributed by atoms with Gasteiger partial charge in [-0.15, -0.1) is 11.3 Å². The van der Waals surface area contributed by atoms with Gasteiger partial charge in [0.25, 0.3) is 0 Å². The summed E-state index contributed by atoms with van der Waals surface area (Å²) in [5, 5.41) is 1.12. The molecule has 3 heterocycles. The van der Waals surface area contributed by atoms with Gasteiger partial charge in [0, 0.05) is 32.1 Å². The average molecular weight is 417 g/mol. The normalized spacial score (nSPS) is 20.4. The second-order valence-electron chi connectivity index (χ2n) is 7.86. The van der Waals surface area contributed by atoms with Gasteiger partial charge in [0.15, 0.2) is 0 Å². The molecule has 2 amide bonds. The zero-order valence-electron chi connectivity index (χ0n) is 16.9. The van der Waals surface area contributed by atoms with Gasteiger partial charge < -0.3 is 14.5 Å². The Morgan fingerprint density at radius 3 is 2.62 bits per heavy atom. The molecule has 0 bridgehead atoms. The predicted octanol–water partition coefficient (Wildman–Crippen LogP) is 1.79. The molecule has 29 heavy (non-hydrogen) atoms. The van der Waals surface area contributed by atoms with E-state index in [1.807, 2.05) is 39.9 Å². The number of hydrogen-bond donors (Lipinski definition) is 0. The van der Waals surface area contributed by atoms with Crippen LogP contribution in [-0.4, -0.2) is 91.0 Å². The predicted molar refractivity (Wildman–Crippen MR) is 113 cm³/mol. The third-order valence-corrected chi connectivity index (χ3v) is 6.81. The Bertz CT molecular complexity index is 831. The Kier molecular flexibility index (Phi) is 6.42. The Balaban J connectivity index is 1.31. The molecule has 2 saturated heterocycles. The lowest BCUT2D eigenvalue weighted by atomic mass is 9.98. The topological polar surface area (TPSA) is 66.0 Å². The molecule has 2 fully saturated rings. The summed E-state index contributed by atoms with van der Waals surface area (Å²) in [5.74, 6) is 0.452. The number of ether oxygens (including phenoxy) is 1. The number of benzene rings is 1. The fourth-order valence-electron chi connectivity index (χ4n) is 4.00. The van der Waals surface area contributed by atoms with E-state index < -0.39 is 0 Å².